The monoisotopic (exact) mass is 227 g/mol. The first kappa shape index (κ1) is 12.3. The molecule has 4 nitrogen and oxygen atoms in total. The molecule has 0 aliphatic rings. The number of aromatic amines is 1. The van der Waals surface area contributed by atoms with Gasteiger partial charge in [0.25, 0.3) is 5.56 Å². The van der Waals surface area contributed by atoms with E-state index in [1.807, 2.05) is 0 Å². The minimum Gasteiger partial charge on any atom is -0.326 e. The number of H-pyrrole nitrogens is 1. The molecule has 1 rings (SSSR count). The van der Waals surface area contributed by atoms with Gasteiger partial charge >= 0.3 is 0 Å². The van der Waals surface area contributed by atoms with Gasteiger partial charge in [-0.15, -0.1) is 0 Å². The van der Waals surface area contributed by atoms with Crippen molar-refractivity contribution in [2.75, 3.05) is 5.75 Å². The van der Waals surface area contributed by atoms with E-state index in [9.17, 15) is 4.79 Å². The lowest BCUT2D eigenvalue weighted by Crippen LogP contribution is -2.37. The summed E-state index contributed by atoms with van der Waals surface area (Å²) in [6, 6.07) is 1.47. The van der Waals surface area contributed by atoms with E-state index in [2.05, 4.69) is 30.7 Å². The molecule has 1 heterocycles. The Morgan fingerprint density at radius 2 is 2.27 bits per heavy atom. The highest BCUT2D eigenvalue weighted by atomic mass is 32.2. The van der Waals surface area contributed by atoms with Crippen LogP contribution in [0.1, 0.15) is 20.8 Å². The number of nitrogens with zero attached hydrogens (tertiary/aromatic N) is 1. The third-order valence-corrected chi connectivity index (χ3v) is 3.17. The zero-order chi connectivity index (χ0) is 11.5. The summed E-state index contributed by atoms with van der Waals surface area (Å²) in [4.78, 5) is 17.7. The summed E-state index contributed by atoms with van der Waals surface area (Å²) >= 11 is 1.48. The van der Waals surface area contributed by atoms with E-state index < -0.39 is 0 Å². The summed E-state index contributed by atoms with van der Waals surface area (Å²) in [5.74, 6) is 0.746. The normalized spacial score (nSPS) is 13.9. The van der Waals surface area contributed by atoms with Crippen LogP contribution in [0.2, 0.25) is 0 Å². The molecule has 0 aliphatic heterocycles. The fraction of sp³-hybridized carbons (Fsp3) is 0.600. The summed E-state index contributed by atoms with van der Waals surface area (Å²) < 4.78 is 0. The summed E-state index contributed by atoms with van der Waals surface area (Å²) in [6.07, 6.45) is 1.50. The maximum absolute atomic E-state index is 11.0. The predicted octanol–water partition coefficient (Wildman–Crippen LogP) is 1.24. The van der Waals surface area contributed by atoms with Crippen LogP contribution in [0.3, 0.4) is 0 Å². The zero-order valence-electron chi connectivity index (χ0n) is 9.28. The van der Waals surface area contributed by atoms with Crippen molar-refractivity contribution in [3.8, 4) is 0 Å². The van der Waals surface area contributed by atoms with Gasteiger partial charge in [0.1, 0.15) is 0 Å². The smallest absolute Gasteiger partial charge is 0.251 e. The van der Waals surface area contributed by atoms with E-state index in [1.165, 1.54) is 24.0 Å². The van der Waals surface area contributed by atoms with Gasteiger partial charge in [-0.1, -0.05) is 32.5 Å². The third kappa shape index (κ3) is 4.05. The Balaban J connectivity index is 2.54. The van der Waals surface area contributed by atoms with Crippen LogP contribution < -0.4 is 11.3 Å². The van der Waals surface area contributed by atoms with E-state index in [4.69, 9.17) is 5.73 Å². The molecule has 0 spiro atoms. The molecule has 0 radical (unpaired) electrons. The van der Waals surface area contributed by atoms with Gasteiger partial charge < -0.3 is 10.7 Å². The number of thioether (sulfide) groups is 1. The molecule has 0 saturated heterocycles. The number of aromatic nitrogens is 2. The van der Waals surface area contributed by atoms with Crippen molar-refractivity contribution in [3.63, 3.8) is 0 Å². The van der Waals surface area contributed by atoms with E-state index in [-0.39, 0.29) is 17.0 Å². The van der Waals surface area contributed by atoms with Gasteiger partial charge in [0.2, 0.25) is 0 Å². The molecule has 1 atom stereocenters. The Hall–Kier alpha value is -0.810. The number of hydrogen-bond acceptors (Lipinski definition) is 4. The van der Waals surface area contributed by atoms with Gasteiger partial charge in [0.05, 0.1) is 0 Å². The average Bonchev–Trinajstić information content (AvgIpc) is 2.12. The highest BCUT2D eigenvalue weighted by Crippen LogP contribution is 2.22. The van der Waals surface area contributed by atoms with Crippen LogP contribution in [0.4, 0.5) is 0 Å². The van der Waals surface area contributed by atoms with E-state index in [0.717, 1.165) is 5.75 Å². The third-order valence-electron chi connectivity index (χ3n) is 2.16. The molecule has 1 unspecified atom stereocenters. The van der Waals surface area contributed by atoms with Crippen LogP contribution in [-0.2, 0) is 0 Å². The van der Waals surface area contributed by atoms with Gasteiger partial charge in [-0.05, 0) is 5.41 Å². The maximum atomic E-state index is 11.0. The number of nitrogens with one attached hydrogen (secondary N) is 1. The first-order valence-corrected chi connectivity index (χ1v) is 5.82. The predicted molar refractivity (Wildman–Crippen MR) is 63.0 cm³/mol. The molecular formula is C10H17N3OS. The van der Waals surface area contributed by atoms with Crippen molar-refractivity contribution in [3.05, 3.63) is 22.6 Å². The first-order valence-electron chi connectivity index (χ1n) is 4.83. The molecule has 1 aromatic rings. The Bertz CT molecular complexity index is 369. The lowest BCUT2D eigenvalue weighted by molar-refractivity contribution is 0.344. The molecule has 0 saturated carbocycles. The Kier molecular flexibility index (Phi) is 3.93. The number of nitrogens with two attached hydrogens (primary N) is 1. The second-order valence-corrected chi connectivity index (χ2v) is 5.53. The van der Waals surface area contributed by atoms with Crippen LogP contribution >= 0.6 is 11.8 Å². The van der Waals surface area contributed by atoms with Gasteiger partial charge in [0.15, 0.2) is 5.16 Å². The number of rotatable bonds is 3. The quantitative estimate of drug-likeness (QED) is 0.602. The van der Waals surface area contributed by atoms with Crippen LogP contribution in [0, 0.1) is 5.41 Å². The van der Waals surface area contributed by atoms with Crippen molar-refractivity contribution in [2.45, 2.75) is 32.0 Å². The van der Waals surface area contributed by atoms with Crippen LogP contribution in [-0.4, -0.2) is 21.8 Å². The molecule has 0 bridgehead atoms. The topological polar surface area (TPSA) is 71.8 Å². The van der Waals surface area contributed by atoms with Crippen molar-refractivity contribution < 1.29 is 0 Å². The van der Waals surface area contributed by atoms with Gasteiger partial charge in [-0.2, -0.15) is 0 Å². The molecule has 0 fully saturated rings. The lowest BCUT2D eigenvalue weighted by Gasteiger charge is -2.26. The molecule has 0 amide bonds. The summed E-state index contributed by atoms with van der Waals surface area (Å²) in [5.41, 5.74) is 5.94. The molecule has 0 aromatic carbocycles. The van der Waals surface area contributed by atoms with Crippen molar-refractivity contribution in [1.82, 2.24) is 9.97 Å². The largest absolute Gasteiger partial charge is 0.326 e. The van der Waals surface area contributed by atoms with Gasteiger partial charge in [0, 0.05) is 24.1 Å². The lowest BCUT2D eigenvalue weighted by atomic mass is 9.89. The first-order chi connectivity index (χ1) is 6.89. The molecule has 15 heavy (non-hydrogen) atoms. The van der Waals surface area contributed by atoms with E-state index in [0.29, 0.717) is 5.16 Å². The minimum absolute atomic E-state index is 0.0715. The average molecular weight is 227 g/mol. The molecule has 84 valence electrons. The SMILES string of the molecule is CC(C)(C)C(N)CSc1nccc(=O)[nH]1. The summed E-state index contributed by atoms with van der Waals surface area (Å²) in [7, 11) is 0. The Labute approximate surface area is 93.7 Å². The second kappa shape index (κ2) is 4.81. The van der Waals surface area contributed by atoms with Crippen LogP contribution in [0.5, 0.6) is 0 Å². The van der Waals surface area contributed by atoms with Crippen LogP contribution in [0.15, 0.2) is 22.2 Å². The maximum Gasteiger partial charge on any atom is 0.251 e. The molecule has 5 heteroatoms. The van der Waals surface area contributed by atoms with Crippen molar-refractivity contribution >= 4 is 11.8 Å². The van der Waals surface area contributed by atoms with Crippen molar-refractivity contribution in [1.29, 1.82) is 0 Å². The van der Waals surface area contributed by atoms with Crippen molar-refractivity contribution in [2.24, 2.45) is 11.1 Å². The zero-order valence-corrected chi connectivity index (χ0v) is 10.1. The minimum atomic E-state index is -0.128. The van der Waals surface area contributed by atoms with E-state index in [1.54, 1.807) is 0 Å². The highest BCUT2D eigenvalue weighted by molar-refractivity contribution is 7.99. The standard InChI is InChI=1S/C10H17N3OS/c1-10(2,3)7(11)6-15-9-12-5-4-8(14)13-9/h4-5,7H,6,11H2,1-3H3,(H,12,13,14). The fourth-order valence-corrected chi connectivity index (χ4v) is 1.99. The second-order valence-electron chi connectivity index (χ2n) is 4.52. The molecule has 1 aromatic heterocycles. The van der Waals surface area contributed by atoms with Gasteiger partial charge in [-0.25, -0.2) is 4.98 Å². The summed E-state index contributed by atoms with van der Waals surface area (Å²) in [6.45, 7) is 6.29. The summed E-state index contributed by atoms with van der Waals surface area (Å²) in [5, 5.41) is 0.627. The number of hydrogen-bond donors (Lipinski definition) is 2. The fourth-order valence-electron chi connectivity index (χ4n) is 0.844. The molecule has 0 aliphatic carbocycles. The Morgan fingerprint density at radius 3 is 2.80 bits per heavy atom. The molecule has 3 N–H and O–H groups in total. The van der Waals surface area contributed by atoms with Crippen LogP contribution in [0.25, 0.3) is 0 Å². The highest BCUT2D eigenvalue weighted by Gasteiger charge is 2.20. The molecular weight excluding hydrogens is 210 g/mol. The van der Waals surface area contributed by atoms with E-state index >= 15 is 0 Å². The Morgan fingerprint density at radius 1 is 1.60 bits per heavy atom. The van der Waals surface area contributed by atoms with Gasteiger partial charge in [-0.3, -0.25) is 4.79 Å².